The van der Waals surface area contributed by atoms with E-state index in [0.717, 1.165) is 49.9 Å². The summed E-state index contributed by atoms with van der Waals surface area (Å²) in [5.41, 5.74) is 14.7. The Bertz CT molecular complexity index is 977. The second kappa shape index (κ2) is 25.9. The maximum Gasteiger partial charge on any atom is 0 e. The van der Waals surface area contributed by atoms with Gasteiger partial charge in [0.15, 0.2) is 0 Å². The molecule has 4 aliphatic rings. The predicted octanol–water partition coefficient (Wildman–Crippen LogP) is 10.9. The van der Waals surface area contributed by atoms with E-state index in [1.54, 1.807) is 0 Å². The largest absolute Gasteiger partial charge is 0.661 e. The third-order valence-corrected chi connectivity index (χ3v) is 13.0. The fourth-order valence-electron chi connectivity index (χ4n) is 8.19. The first-order valence-electron chi connectivity index (χ1n) is 19.7. The quantitative estimate of drug-likeness (QED) is 0.266. The predicted molar refractivity (Wildman–Crippen MR) is 220 cm³/mol. The van der Waals surface area contributed by atoms with Gasteiger partial charge in [0.1, 0.15) is 0 Å². The third-order valence-electron chi connectivity index (χ3n) is 13.0. The molecule has 0 saturated carbocycles. The molecule has 0 aliphatic carbocycles. The molecular formula is C44H78N4O2W2-6. The Morgan fingerprint density at radius 3 is 0.673 bits per heavy atom. The van der Waals surface area contributed by atoms with E-state index < -0.39 is 0 Å². The van der Waals surface area contributed by atoms with Crippen molar-refractivity contribution in [3.63, 3.8) is 0 Å². The van der Waals surface area contributed by atoms with Gasteiger partial charge in [-0.15, -0.1) is 26.2 Å². The number of hydrogen-bond acceptors (Lipinski definition) is 0. The van der Waals surface area contributed by atoms with E-state index in [4.69, 9.17) is 21.3 Å². The molecule has 6 nitrogen and oxygen atoms in total. The fourth-order valence-corrected chi connectivity index (χ4v) is 8.19. The molecular weight excluding hydrogens is 984 g/mol. The molecule has 0 radical (unpaired) electrons. The Labute approximate surface area is 350 Å². The van der Waals surface area contributed by atoms with Gasteiger partial charge >= 0.3 is 0 Å². The third kappa shape index (κ3) is 15.4. The van der Waals surface area contributed by atoms with E-state index in [-0.39, 0.29) is 53.1 Å². The SMILES string of the molecule is CC1CC[N-]C(C2CC(C)CC[N-]2)C1.CC1CC[N-]C(C2CC(C)CC[N-]2)C1.Cc1c(C)c(C)[c-](C)c1C.Cc1c(C)c(C)[c-](C)c1C.O.O.[W].[W]. The Hall–Kier alpha value is -0.163. The van der Waals surface area contributed by atoms with Crippen LogP contribution in [0.15, 0.2) is 0 Å². The smallest absolute Gasteiger partial charge is 0 e. The minimum atomic E-state index is 0. The van der Waals surface area contributed by atoms with Gasteiger partial charge in [-0.3, -0.25) is 0 Å². The van der Waals surface area contributed by atoms with E-state index >= 15 is 0 Å². The first-order chi connectivity index (χ1) is 22.6. The summed E-state index contributed by atoms with van der Waals surface area (Å²) >= 11 is 0. The number of nitrogens with zero attached hydrogens (tertiary/aromatic N) is 4. The first-order valence-corrected chi connectivity index (χ1v) is 19.7. The zero-order chi connectivity index (χ0) is 35.7. The minimum absolute atomic E-state index is 0. The number of rotatable bonds is 2. The molecule has 0 aromatic heterocycles. The van der Waals surface area contributed by atoms with Crippen molar-refractivity contribution < 1.29 is 53.1 Å². The topological polar surface area (TPSA) is 119 Å². The van der Waals surface area contributed by atoms with Gasteiger partial charge in [-0.25, -0.2) is 0 Å². The molecule has 4 fully saturated rings. The van der Waals surface area contributed by atoms with E-state index in [9.17, 15) is 0 Å². The van der Waals surface area contributed by atoms with Crippen LogP contribution >= 0.6 is 0 Å². The zero-order valence-corrected chi connectivity index (χ0v) is 41.6. The van der Waals surface area contributed by atoms with E-state index in [1.165, 1.54) is 107 Å². The van der Waals surface area contributed by atoms with Crippen LogP contribution in [0.5, 0.6) is 0 Å². The molecule has 0 spiro atoms. The molecule has 8 heteroatoms. The second-order valence-electron chi connectivity index (χ2n) is 16.7. The Morgan fingerprint density at radius 1 is 0.385 bits per heavy atom. The summed E-state index contributed by atoms with van der Waals surface area (Å²) in [7, 11) is 0. The number of hydrogen-bond donors (Lipinski definition) is 0. The molecule has 6 rings (SSSR count). The van der Waals surface area contributed by atoms with Gasteiger partial charge in [-0.2, -0.15) is 79.8 Å². The molecule has 4 heterocycles. The molecule has 8 atom stereocenters. The molecule has 4 N–H and O–H groups in total. The summed E-state index contributed by atoms with van der Waals surface area (Å²) in [4.78, 5) is 0. The van der Waals surface area contributed by atoms with Gasteiger partial charge in [0, 0.05) is 42.1 Å². The second-order valence-corrected chi connectivity index (χ2v) is 16.7. The van der Waals surface area contributed by atoms with Crippen LogP contribution in [0.4, 0.5) is 0 Å². The summed E-state index contributed by atoms with van der Waals surface area (Å²) in [5.74, 6) is 3.46. The van der Waals surface area contributed by atoms with Gasteiger partial charge < -0.3 is 32.2 Å². The summed E-state index contributed by atoms with van der Waals surface area (Å²) in [6.07, 6.45) is 10.3. The van der Waals surface area contributed by atoms with Gasteiger partial charge in [0.05, 0.1) is 0 Å². The average Bonchev–Trinajstić information content (AvgIpc) is 3.35. The van der Waals surface area contributed by atoms with Crippen molar-refractivity contribution in [3.05, 3.63) is 76.9 Å². The standard InChI is InChI=1S/2C12H22N2.2C10H15.2H2O.2W/c2*1-9-3-5-13-11(7-9)12-8-10(2)4-6-14-12;2*1-6-7(2)9(4)10(5)8(6)3;;;;/h2*9-12H,3-8H2,1-2H3;2*1-5H3;2*1H2;;/q2*-2;2*-1;;;;. The molecule has 304 valence electrons. The van der Waals surface area contributed by atoms with Gasteiger partial charge in [-0.1, -0.05) is 148 Å². The maximum atomic E-state index is 4.74. The monoisotopic (exact) mass is 1060 g/mol. The van der Waals surface area contributed by atoms with Crippen molar-refractivity contribution in [2.75, 3.05) is 26.2 Å². The normalized spacial score (nSPS) is 28.3. The summed E-state index contributed by atoms with van der Waals surface area (Å²) < 4.78 is 0. The first kappa shape index (κ1) is 53.9. The van der Waals surface area contributed by atoms with Crippen molar-refractivity contribution in [1.29, 1.82) is 0 Å². The summed E-state index contributed by atoms with van der Waals surface area (Å²) in [5, 5.41) is 19.0. The zero-order valence-electron chi connectivity index (χ0n) is 35.7. The molecule has 8 unspecified atom stereocenters. The molecule has 2 aromatic carbocycles. The average molecular weight is 1060 g/mol. The van der Waals surface area contributed by atoms with Gasteiger partial charge in [0.2, 0.25) is 0 Å². The van der Waals surface area contributed by atoms with Crippen molar-refractivity contribution in [2.45, 2.75) is 172 Å². The van der Waals surface area contributed by atoms with Crippen LogP contribution in [-0.2, 0) is 42.1 Å². The van der Waals surface area contributed by atoms with Crippen molar-refractivity contribution >= 4 is 0 Å². The van der Waals surface area contributed by atoms with Crippen molar-refractivity contribution in [1.82, 2.24) is 0 Å². The molecule has 52 heavy (non-hydrogen) atoms. The van der Waals surface area contributed by atoms with Crippen LogP contribution in [0, 0.1) is 92.9 Å². The summed E-state index contributed by atoms with van der Waals surface area (Å²) in [6, 6.07) is 2.23. The van der Waals surface area contributed by atoms with Gasteiger partial charge in [0.25, 0.3) is 0 Å². The van der Waals surface area contributed by atoms with Crippen LogP contribution in [0.1, 0.15) is 135 Å². The van der Waals surface area contributed by atoms with Crippen LogP contribution in [0.3, 0.4) is 0 Å². The maximum absolute atomic E-state index is 4.74. The van der Waals surface area contributed by atoms with E-state index in [2.05, 4.69) is 96.9 Å². The Kier molecular flexibility index (Phi) is 26.9. The Morgan fingerprint density at radius 2 is 0.558 bits per heavy atom. The number of piperidine rings is 4. The molecule has 2 aromatic rings. The Balaban J connectivity index is 0. The fraction of sp³-hybridized carbons (Fsp3) is 0.773. The van der Waals surface area contributed by atoms with E-state index in [0.29, 0.717) is 24.2 Å². The molecule has 4 saturated heterocycles. The van der Waals surface area contributed by atoms with Crippen LogP contribution in [-0.4, -0.2) is 61.3 Å². The van der Waals surface area contributed by atoms with Crippen LogP contribution in [0.25, 0.3) is 21.3 Å². The van der Waals surface area contributed by atoms with Gasteiger partial charge in [-0.05, 0) is 23.7 Å². The van der Waals surface area contributed by atoms with Crippen LogP contribution < -0.4 is 0 Å². The van der Waals surface area contributed by atoms with Crippen molar-refractivity contribution in [3.8, 4) is 0 Å². The van der Waals surface area contributed by atoms with Crippen LogP contribution in [0.2, 0.25) is 0 Å². The molecule has 0 bridgehead atoms. The van der Waals surface area contributed by atoms with E-state index in [1.807, 2.05) is 0 Å². The summed E-state index contributed by atoms with van der Waals surface area (Å²) in [6.45, 7) is 35.7. The van der Waals surface area contributed by atoms with Crippen molar-refractivity contribution in [2.24, 2.45) is 23.7 Å². The molecule has 4 aliphatic heterocycles. The molecule has 0 amide bonds. The minimum Gasteiger partial charge on any atom is -0.661 e.